The SMILES string of the molecule is Cc1ccccc1C1c2ccsc2CCN1CCC(=O)N1CCN(C(=O)c2ccc(Cl)c(Cl)c2)C(C)C1. The number of piperazine rings is 1. The average molecular weight is 557 g/mol. The van der Waals surface area contributed by atoms with Gasteiger partial charge in [0.2, 0.25) is 5.91 Å². The molecule has 2 amide bonds. The van der Waals surface area contributed by atoms with Gasteiger partial charge in [0.05, 0.1) is 16.1 Å². The number of rotatable bonds is 5. The van der Waals surface area contributed by atoms with E-state index in [0.717, 1.165) is 13.0 Å². The number of carbonyl (C=O) groups is 2. The molecule has 1 aromatic heterocycles. The minimum atomic E-state index is -0.0841. The van der Waals surface area contributed by atoms with Crippen molar-refractivity contribution in [2.75, 3.05) is 32.7 Å². The van der Waals surface area contributed by atoms with Gasteiger partial charge in [0.1, 0.15) is 0 Å². The number of halogens is 2. The number of amides is 2. The van der Waals surface area contributed by atoms with Gasteiger partial charge in [-0.05, 0) is 66.6 Å². The second-order valence-corrected chi connectivity index (χ2v) is 11.7. The lowest BCUT2D eigenvalue weighted by Crippen LogP contribution is -2.55. The van der Waals surface area contributed by atoms with Gasteiger partial charge in [0, 0.05) is 55.6 Å². The molecule has 2 aliphatic heterocycles. The Kier molecular flexibility index (Phi) is 7.91. The van der Waals surface area contributed by atoms with Crippen molar-refractivity contribution in [1.29, 1.82) is 0 Å². The largest absolute Gasteiger partial charge is 0.339 e. The van der Waals surface area contributed by atoms with E-state index in [9.17, 15) is 9.59 Å². The van der Waals surface area contributed by atoms with Gasteiger partial charge in [-0.15, -0.1) is 11.3 Å². The van der Waals surface area contributed by atoms with E-state index in [1.807, 2.05) is 28.1 Å². The van der Waals surface area contributed by atoms with Gasteiger partial charge in [0.25, 0.3) is 5.91 Å². The van der Waals surface area contributed by atoms with Crippen LogP contribution in [-0.4, -0.2) is 65.3 Å². The van der Waals surface area contributed by atoms with Crippen LogP contribution in [0, 0.1) is 6.92 Å². The zero-order chi connectivity index (χ0) is 26.1. The Labute approximate surface area is 232 Å². The summed E-state index contributed by atoms with van der Waals surface area (Å²) in [5, 5.41) is 2.98. The molecular formula is C29H31Cl2N3O2S. The summed E-state index contributed by atoms with van der Waals surface area (Å²) in [6.45, 7) is 7.38. The highest BCUT2D eigenvalue weighted by atomic mass is 35.5. The molecule has 0 aliphatic carbocycles. The zero-order valence-corrected chi connectivity index (χ0v) is 23.5. The molecular weight excluding hydrogens is 525 g/mol. The van der Waals surface area contributed by atoms with Crippen molar-refractivity contribution in [1.82, 2.24) is 14.7 Å². The van der Waals surface area contributed by atoms with Crippen LogP contribution in [0.4, 0.5) is 0 Å². The van der Waals surface area contributed by atoms with Gasteiger partial charge in [-0.1, -0.05) is 47.5 Å². The zero-order valence-electron chi connectivity index (χ0n) is 21.1. The average Bonchev–Trinajstić information content (AvgIpc) is 3.37. The highest BCUT2D eigenvalue weighted by Crippen LogP contribution is 2.39. The lowest BCUT2D eigenvalue weighted by Gasteiger charge is -2.41. The van der Waals surface area contributed by atoms with E-state index in [2.05, 4.69) is 47.5 Å². The highest BCUT2D eigenvalue weighted by Gasteiger charge is 2.33. The third kappa shape index (κ3) is 5.44. The van der Waals surface area contributed by atoms with E-state index >= 15 is 0 Å². The molecule has 5 nitrogen and oxygen atoms in total. The minimum Gasteiger partial charge on any atom is -0.339 e. The first-order chi connectivity index (χ1) is 17.8. The fraction of sp³-hybridized carbons (Fsp3) is 0.379. The lowest BCUT2D eigenvalue weighted by molar-refractivity contribution is -0.134. The molecule has 0 N–H and O–H groups in total. The molecule has 8 heteroatoms. The fourth-order valence-corrected chi connectivity index (χ4v) is 6.75. The maximum absolute atomic E-state index is 13.3. The molecule has 3 heterocycles. The normalized spacial score (nSPS) is 20.1. The summed E-state index contributed by atoms with van der Waals surface area (Å²) in [6, 6.07) is 15.9. The minimum absolute atomic E-state index is 0.0808. The number of benzene rings is 2. The second-order valence-electron chi connectivity index (χ2n) is 9.91. The molecule has 2 aromatic carbocycles. The highest BCUT2D eigenvalue weighted by molar-refractivity contribution is 7.10. The van der Waals surface area contributed by atoms with Crippen LogP contribution >= 0.6 is 34.5 Å². The molecule has 0 radical (unpaired) electrons. The van der Waals surface area contributed by atoms with Crippen molar-refractivity contribution in [2.24, 2.45) is 0 Å². The van der Waals surface area contributed by atoms with E-state index in [1.165, 1.54) is 21.6 Å². The first-order valence-corrected chi connectivity index (χ1v) is 14.4. The van der Waals surface area contributed by atoms with E-state index < -0.39 is 0 Å². The van der Waals surface area contributed by atoms with Crippen molar-refractivity contribution in [3.05, 3.63) is 91.1 Å². The molecule has 1 saturated heterocycles. The first kappa shape index (κ1) is 26.2. The predicted octanol–water partition coefficient (Wildman–Crippen LogP) is 6.07. The molecule has 1 fully saturated rings. The van der Waals surface area contributed by atoms with Gasteiger partial charge in [-0.2, -0.15) is 0 Å². The Hall–Kier alpha value is -2.38. The first-order valence-electron chi connectivity index (χ1n) is 12.7. The summed E-state index contributed by atoms with van der Waals surface area (Å²) in [6.07, 6.45) is 1.49. The van der Waals surface area contributed by atoms with Crippen LogP contribution in [0.25, 0.3) is 0 Å². The fourth-order valence-electron chi connectivity index (χ4n) is 5.55. The summed E-state index contributed by atoms with van der Waals surface area (Å²) in [4.78, 5) is 34.0. The van der Waals surface area contributed by atoms with Crippen molar-refractivity contribution in [3.63, 3.8) is 0 Å². The summed E-state index contributed by atoms with van der Waals surface area (Å²) in [5.74, 6) is 0.0623. The van der Waals surface area contributed by atoms with E-state index in [-0.39, 0.29) is 23.9 Å². The maximum Gasteiger partial charge on any atom is 0.254 e. The molecule has 2 aliphatic rings. The predicted molar refractivity (Wildman–Crippen MR) is 151 cm³/mol. The molecule has 3 aromatic rings. The van der Waals surface area contributed by atoms with Gasteiger partial charge >= 0.3 is 0 Å². The summed E-state index contributed by atoms with van der Waals surface area (Å²) in [5.41, 5.74) is 4.49. The summed E-state index contributed by atoms with van der Waals surface area (Å²) < 4.78 is 0. The van der Waals surface area contributed by atoms with Crippen molar-refractivity contribution >= 4 is 46.4 Å². The number of nitrogens with zero attached hydrogens (tertiary/aromatic N) is 3. The molecule has 0 bridgehead atoms. The third-order valence-corrected chi connectivity index (χ3v) is 9.30. The van der Waals surface area contributed by atoms with Gasteiger partial charge in [0.15, 0.2) is 0 Å². The Morgan fingerprint density at radius 1 is 1.00 bits per heavy atom. The molecule has 0 spiro atoms. The number of thiophene rings is 1. The van der Waals surface area contributed by atoms with E-state index in [0.29, 0.717) is 48.2 Å². The summed E-state index contributed by atoms with van der Waals surface area (Å²) >= 11 is 14.0. The van der Waals surface area contributed by atoms with Crippen LogP contribution in [0.3, 0.4) is 0 Å². The third-order valence-electron chi connectivity index (χ3n) is 7.57. The number of hydrogen-bond acceptors (Lipinski definition) is 4. The molecule has 194 valence electrons. The van der Waals surface area contributed by atoms with Crippen molar-refractivity contribution in [2.45, 2.75) is 38.8 Å². The summed E-state index contributed by atoms with van der Waals surface area (Å²) in [7, 11) is 0. The Morgan fingerprint density at radius 2 is 1.81 bits per heavy atom. The lowest BCUT2D eigenvalue weighted by atomic mass is 9.90. The number of fused-ring (bicyclic) bond motifs is 1. The number of hydrogen-bond donors (Lipinski definition) is 0. The van der Waals surface area contributed by atoms with Crippen molar-refractivity contribution < 1.29 is 9.59 Å². The van der Waals surface area contributed by atoms with Crippen LogP contribution in [0.2, 0.25) is 10.0 Å². The Balaban J connectivity index is 1.22. The van der Waals surface area contributed by atoms with Crippen LogP contribution in [0.5, 0.6) is 0 Å². The number of carbonyl (C=O) groups excluding carboxylic acids is 2. The monoisotopic (exact) mass is 555 g/mol. The Bertz CT molecular complexity index is 1310. The maximum atomic E-state index is 13.3. The van der Waals surface area contributed by atoms with Crippen LogP contribution < -0.4 is 0 Å². The smallest absolute Gasteiger partial charge is 0.254 e. The van der Waals surface area contributed by atoms with Crippen LogP contribution in [-0.2, 0) is 11.2 Å². The van der Waals surface area contributed by atoms with Crippen LogP contribution in [0.1, 0.15) is 51.3 Å². The van der Waals surface area contributed by atoms with Gasteiger partial charge in [-0.25, -0.2) is 0 Å². The quantitative estimate of drug-likeness (QED) is 0.383. The molecule has 37 heavy (non-hydrogen) atoms. The van der Waals surface area contributed by atoms with E-state index in [4.69, 9.17) is 23.2 Å². The van der Waals surface area contributed by atoms with Gasteiger partial charge < -0.3 is 9.80 Å². The van der Waals surface area contributed by atoms with Crippen LogP contribution in [0.15, 0.2) is 53.9 Å². The molecule has 2 unspecified atom stereocenters. The number of aryl methyl sites for hydroxylation is 1. The van der Waals surface area contributed by atoms with Crippen molar-refractivity contribution in [3.8, 4) is 0 Å². The molecule has 0 saturated carbocycles. The topological polar surface area (TPSA) is 43.9 Å². The van der Waals surface area contributed by atoms with Gasteiger partial charge in [-0.3, -0.25) is 14.5 Å². The molecule has 5 rings (SSSR count). The molecule has 2 atom stereocenters. The Morgan fingerprint density at radius 3 is 2.57 bits per heavy atom. The second kappa shape index (κ2) is 11.2. The standard InChI is InChI=1S/C29H31Cl2N3O2S/c1-19-5-3-4-6-22(19)28-23-11-16-37-26(23)9-12-32(28)13-10-27(35)33-14-15-34(20(2)18-33)29(36)21-7-8-24(30)25(31)17-21/h3-8,11,16-17,20,28H,9-10,12-15,18H2,1-2H3. The van der Waals surface area contributed by atoms with E-state index in [1.54, 1.807) is 18.2 Å².